The molecule has 1 aliphatic carbocycles. The molecule has 0 atom stereocenters. The van der Waals surface area contributed by atoms with Crippen molar-refractivity contribution in [1.82, 2.24) is 0 Å². The van der Waals surface area contributed by atoms with Crippen LogP contribution in [0.3, 0.4) is 0 Å². The third kappa shape index (κ3) is 1.52. The quantitative estimate of drug-likeness (QED) is 0.848. The molecular weight excluding hydrogens is 198 g/mol. The molecule has 2 heteroatoms. The van der Waals surface area contributed by atoms with Gasteiger partial charge in [-0.3, -0.25) is 0 Å². The van der Waals surface area contributed by atoms with Crippen molar-refractivity contribution in [2.75, 3.05) is 13.7 Å². The predicted molar refractivity (Wildman–Crippen MR) is 67.2 cm³/mol. The van der Waals surface area contributed by atoms with E-state index in [1.54, 1.807) is 7.11 Å². The highest BCUT2D eigenvalue weighted by atomic mass is 16.5. The second-order valence-corrected chi connectivity index (χ2v) is 5.01. The molecule has 0 unspecified atom stereocenters. The van der Waals surface area contributed by atoms with Crippen molar-refractivity contribution >= 4 is 0 Å². The van der Waals surface area contributed by atoms with E-state index in [9.17, 15) is 0 Å². The van der Waals surface area contributed by atoms with Crippen LogP contribution in [0.4, 0.5) is 0 Å². The van der Waals surface area contributed by atoms with E-state index in [1.807, 2.05) is 0 Å². The fourth-order valence-corrected chi connectivity index (χ4v) is 2.78. The van der Waals surface area contributed by atoms with Crippen LogP contribution in [-0.2, 0) is 5.41 Å². The fourth-order valence-electron chi connectivity index (χ4n) is 2.78. The minimum Gasteiger partial charge on any atom is -0.496 e. The molecule has 0 spiro atoms. The maximum atomic E-state index is 5.93. The summed E-state index contributed by atoms with van der Waals surface area (Å²) in [5, 5.41) is 0. The van der Waals surface area contributed by atoms with Gasteiger partial charge in [0.2, 0.25) is 0 Å². The second kappa shape index (κ2) is 3.77. The third-order valence-corrected chi connectivity index (χ3v) is 4.04. The van der Waals surface area contributed by atoms with Crippen molar-refractivity contribution in [3.8, 4) is 5.75 Å². The Kier molecular flexibility index (Phi) is 2.70. The van der Waals surface area contributed by atoms with Gasteiger partial charge in [-0.05, 0) is 61.9 Å². The number of aryl methyl sites for hydroxylation is 1. The normalized spacial score (nSPS) is 17.3. The van der Waals surface area contributed by atoms with Crippen molar-refractivity contribution in [3.63, 3.8) is 0 Å². The van der Waals surface area contributed by atoms with Crippen LogP contribution >= 0.6 is 0 Å². The molecule has 1 aromatic rings. The maximum absolute atomic E-state index is 5.93. The van der Waals surface area contributed by atoms with Gasteiger partial charge in [0.15, 0.2) is 0 Å². The Hall–Kier alpha value is -1.02. The summed E-state index contributed by atoms with van der Waals surface area (Å²) in [4.78, 5) is 0. The topological polar surface area (TPSA) is 35.2 Å². The molecule has 0 saturated heterocycles. The molecule has 2 rings (SSSR count). The maximum Gasteiger partial charge on any atom is 0.122 e. The van der Waals surface area contributed by atoms with Crippen LogP contribution in [0.25, 0.3) is 0 Å². The van der Waals surface area contributed by atoms with E-state index in [0.29, 0.717) is 0 Å². The summed E-state index contributed by atoms with van der Waals surface area (Å²) in [7, 11) is 1.73. The van der Waals surface area contributed by atoms with Gasteiger partial charge in [0.05, 0.1) is 7.11 Å². The molecule has 1 fully saturated rings. The Bertz CT molecular complexity index is 419. The Morgan fingerprint density at radius 1 is 1.25 bits per heavy atom. The van der Waals surface area contributed by atoms with Gasteiger partial charge in [0.25, 0.3) is 0 Å². The summed E-state index contributed by atoms with van der Waals surface area (Å²) in [6, 6.07) is 2.15. The molecule has 0 aromatic heterocycles. The zero-order valence-electron chi connectivity index (χ0n) is 10.7. The molecule has 0 radical (unpaired) electrons. The van der Waals surface area contributed by atoms with Crippen LogP contribution in [0.1, 0.15) is 35.1 Å². The Morgan fingerprint density at radius 3 is 2.31 bits per heavy atom. The average molecular weight is 219 g/mol. The molecule has 88 valence electrons. The van der Waals surface area contributed by atoms with Crippen molar-refractivity contribution in [2.45, 2.75) is 39.0 Å². The summed E-state index contributed by atoms with van der Waals surface area (Å²) in [5.74, 6) is 0.992. The van der Waals surface area contributed by atoms with Crippen molar-refractivity contribution in [2.24, 2.45) is 5.73 Å². The van der Waals surface area contributed by atoms with Crippen molar-refractivity contribution in [1.29, 1.82) is 0 Å². The van der Waals surface area contributed by atoms with Crippen LogP contribution in [0.5, 0.6) is 5.75 Å². The minimum absolute atomic E-state index is 0.269. The monoisotopic (exact) mass is 219 g/mol. The fraction of sp³-hybridized carbons (Fsp3) is 0.571. The van der Waals surface area contributed by atoms with Gasteiger partial charge in [-0.2, -0.15) is 0 Å². The molecule has 1 aromatic carbocycles. The third-order valence-electron chi connectivity index (χ3n) is 4.04. The number of ether oxygens (including phenoxy) is 1. The number of hydrogen-bond donors (Lipinski definition) is 1. The largest absolute Gasteiger partial charge is 0.496 e. The minimum atomic E-state index is 0.269. The molecular formula is C14H21NO. The first-order valence-electron chi connectivity index (χ1n) is 5.91. The Labute approximate surface area is 97.8 Å². The van der Waals surface area contributed by atoms with Crippen LogP contribution in [0.15, 0.2) is 6.07 Å². The van der Waals surface area contributed by atoms with Crippen molar-refractivity contribution in [3.05, 3.63) is 28.3 Å². The lowest BCUT2D eigenvalue weighted by Gasteiger charge is -2.22. The highest BCUT2D eigenvalue weighted by Gasteiger charge is 2.45. The molecule has 2 nitrogen and oxygen atoms in total. The number of hydrogen-bond acceptors (Lipinski definition) is 2. The zero-order valence-corrected chi connectivity index (χ0v) is 10.7. The number of rotatable bonds is 3. The van der Waals surface area contributed by atoms with Crippen LogP contribution in [0, 0.1) is 20.8 Å². The number of methoxy groups -OCH3 is 1. The van der Waals surface area contributed by atoms with Crippen molar-refractivity contribution < 1.29 is 4.74 Å². The molecule has 0 amide bonds. The lowest BCUT2D eigenvalue weighted by Crippen LogP contribution is -2.22. The van der Waals surface area contributed by atoms with E-state index in [2.05, 4.69) is 26.8 Å². The van der Waals surface area contributed by atoms with Gasteiger partial charge in [0.1, 0.15) is 5.75 Å². The highest BCUT2D eigenvalue weighted by molar-refractivity contribution is 5.53. The van der Waals surface area contributed by atoms with Gasteiger partial charge in [0, 0.05) is 12.0 Å². The smallest absolute Gasteiger partial charge is 0.122 e. The van der Waals surface area contributed by atoms with Crippen LogP contribution in [-0.4, -0.2) is 13.7 Å². The van der Waals surface area contributed by atoms with Gasteiger partial charge in [-0.15, -0.1) is 0 Å². The lowest BCUT2D eigenvalue weighted by molar-refractivity contribution is 0.410. The summed E-state index contributed by atoms with van der Waals surface area (Å²) < 4.78 is 5.40. The number of nitrogens with two attached hydrogens (primary N) is 1. The van der Waals surface area contributed by atoms with Gasteiger partial charge < -0.3 is 10.5 Å². The Balaban J connectivity index is 2.59. The molecule has 0 bridgehead atoms. The molecule has 0 heterocycles. The standard InChI is InChI=1S/C14H21NO/c1-9-7-12(16-4)10(2)11(3)13(9)14(8-15)5-6-14/h7H,5-6,8,15H2,1-4H3. The van der Waals surface area contributed by atoms with Gasteiger partial charge in [-0.1, -0.05) is 0 Å². The second-order valence-electron chi connectivity index (χ2n) is 5.01. The van der Waals surface area contributed by atoms with E-state index in [-0.39, 0.29) is 5.41 Å². The molecule has 1 aliphatic rings. The number of benzene rings is 1. The lowest BCUT2D eigenvalue weighted by atomic mass is 9.85. The molecule has 0 aliphatic heterocycles. The summed E-state index contributed by atoms with van der Waals surface area (Å²) in [5.41, 5.74) is 11.6. The van der Waals surface area contributed by atoms with E-state index in [1.165, 1.54) is 35.1 Å². The zero-order chi connectivity index (χ0) is 11.9. The van der Waals surface area contributed by atoms with Gasteiger partial charge in [-0.25, -0.2) is 0 Å². The highest BCUT2D eigenvalue weighted by Crippen LogP contribution is 2.50. The first-order valence-corrected chi connectivity index (χ1v) is 5.91. The summed E-state index contributed by atoms with van der Waals surface area (Å²) in [6.45, 7) is 7.25. The molecule has 16 heavy (non-hydrogen) atoms. The first-order chi connectivity index (χ1) is 7.55. The van der Waals surface area contributed by atoms with E-state index in [0.717, 1.165) is 12.3 Å². The average Bonchev–Trinajstić information content (AvgIpc) is 3.04. The molecule has 2 N–H and O–H groups in total. The van der Waals surface area contributed by atoms with E-state index >= 15 is 0 Å². The van der Waals surface area contributed by atoms with Crippen LogP contribution in [0.2, 0.25) is 0 Å². The SMILES string of the molecule is COc1cc(C)c(C2(CN)CC2)c(C)c1C. The predicted octanol–water partition coefficient (Wildman–Crippen LogP) is 2.61. The van der Waals surface area contributed by atoms with Gasteiger partial charge >= 0.3 is 0 Å². The summed E-state index contributed by atoms with van der Waals surface area (Å²) in [6.07, 6.45) is 2.47. The van der Waals surface area contributed by atoms with E-state index < -0.39 is 0 Å². The first kappa shape index (κ1) is 11.5. The van der Waals surface area contributed by atoms with E-state index in [4.69, 9.17) is 10.5 Å². The van der Waals surface area contributed by atoms with Crippen LogP contribution < -0.4 is 10.5 Å². The molecule has 1 saturated carbocycles. The summed E-state index contributed by atoms with van der Waals surface area (Å²) >= 11 is 0. The Morgan fingerprint density at radius 2 is 1.88 bits per heavy atom.